The Morgan fingerprint density at radius 1 is 1.29 bits per heavy atom. The van der Waals surface area contributed by atoms with Crippen molar-refractivity contribution in [3.63, 3.8) is 0 Å². The maximum atomic E-state index is 13.0. The Labute approximate surface area is 162 Å². The Bertz CT molecular complexity index is 971. The van der Waals surface area contributed by atoms with Gasteiger partial charge in [0.25, 0.3) is 0 Å². The van der Waals surface area contributed by atoms with E-state index < -0.39 is 0 Å². The number of nitrogens with zero attached hydrogens (tertiary/aromatic N) is 3. The zero-order valence-corrected chi connectivity index (χ0v) is 15.6. The molecule has 0 radical (unpaired) electrons. The van der Waals surface area contributed by atoms with Gasteiger partial charge in [-0.15, -0.1) is 0 Å². The van der Waals surface area contributed by atoms with Crippen LogP contribution in [0.5, 0.6) is 0 Å². The summed E-state index contributed by atoms with van der Waals surface area (Å²) in [6, 6.07) is 13.5. The van der Waals surface area contributed by atoms with E-state index in [1.807, 2.05) is 31.2 Å². The van der Waals surface area contributed by atoms with Gasteiger partial charge in [-0.1, -0.05) is 41.1 Å². The summed E-state index contributed by atoms with van der Waals surface area (Å²) in [5.74, 6) is 0.679. The Balaban J connectivity index is 1.44. The molecule has 0 saturated carbocycles. The lowest BCUT2D eigenvalue weighted by atomic mass is 10.1. The lowest BCUT2D eigenvalue weighted by Gasteiger charge is -2.22. The van der Waals surface area contributed by atoms with Crippen LogP contribution in [0, 0.1) is 12.7 Å². The van der Waals surface area contributed by atoms with Crippen LogP contribution in [0.25, 0.3) is 11.4 Å². The summed E-state index contributed by atoms with van der Waals surface area (Å²) in [4.78, 5) is 18.9. The molecule has 7 heteroatoms. The first-order valence-electron chi connectivity index (χ1n) is 9.30. The number of aromatic nitrogens is 2. The topological polar surface area (TPSA) is 71.3 Å². The summed E-state index contributed by atoms with van der Waals surface area (Å²) in [6.45, 7) is 2.97. The number of aryl methyl sites for hydroxylation is 1. The van der Waals surface area contributed by atoms with Gasteiger partial charge in [0.1, 0.15) is 11.9 Å². The molecule has 0 spiro atoms. The van der Waals surface area contributed by atoms with E-state index in [-0.39, 0.29) is 17.9 Å². The highest BCUT2D eigenvalue weighted by atomic mass is 19.1. The zero-order chi connectivity index (χ0) is 19.5. The predicted octanol–water partition coefficient (Wildman–Crippen LogP) is 4.23. The van der Waals surface area contributed by atoms with E-state index in [0.29, 0.717) is 24.8 Å². The van der Waals surface area contributed by atoms with Crippen molar-refractivity contribution in [2.75, 3.05) is 6.54 Å². The second kappa shape index (κ2) is 7.80. The Morgan fingerprint density at radius 2 is 2.11 bits per heavy atom. The van der Waals surface area contributed by atoms with Crippen LogP contribution in [0.15, 0.2) is 53.1 Å². The molecule has 28 heavy (non-hydrogen) atoms. The fourth-order valence-electron chi connectivity index (χ4n) is 3.42. The molecule has 1 aromatic heterocycles. The van der Waals surface area contributed by atoms with Crippen molar-refractivity contribution in [1.29, 1.82) is 0 Å². The Morgan fingerprint density at radius 3 is 2.89 bits per heavy atom. The predicted molar refractivity (Wildman–Crippen MR) is 102 cm³/mol. The van der Waals surface area contributed by atoms with E-state index in [1.54, 1.807) is 17.0 Å². The monoisotopic (exact) mass is 380 g/mol. The molecule has 0 unspecified atom stereocenters. The smallest absolute Gasteiger partial charge is 0.318 e. The molecule has 0 aliphatic carbocycles. The van der Waals surface area contributed by atoms with E-state index in [9.17, 15) is 9.18 Å². The number of carbonyl (C=O) groups excluding carboxylic acids is 1. The van der Waals surface area contributed by atoms with Gasteiger partial charge in [0, 0.05) is 18.7 Å². The van der Waals surface area contributed by atoms with Crippen LogP contribution in [0.4, 0.5) is 9.18 Å². The standard InChI is InChI=1S/C21H21FN4O2/c1-14-4-2-5-16(12-14)19-24-20(28-25-19)18-6-3-11-26(18)21(27)23-13-15-7-9-17(22)10-8-15/h2,4-5,7-10,12,18H,3,6,11,13H2,1H3,(H,23,27)/t18-/m0/s1. The number of carbonyl (C=O) groups is 1. The summed E-state index contributed by atoms with van der Waals surface area (Å²) in [5.41, 5.74) is 2.84. The first-order valence-corrected chi connectivity index (χ1v) is 9.30. The summed E-state index contributed by atoms with van der Waals surface area (Å²) in [7, 11) is 0. The second-order valence-corrected chi connectivity index (χ2v) is 6.96. The van der Waals surface area contributed by atoms with Crippen LogP contribution in [-0.4, -0.2) is 27.6 Å². The first kappa shape index (κ1) is 18.2. The third kappa shape index (κ3) is 3.88. The minimum Gasteiger partial charge on any atom is -0.337 e. The summed E-state index contributed by atoms with van der Waals surface area (Å²) < 4.78 is 18.5. The SMILES string of the molecule is Cc1cccc(-c2noc([C@@H]3CCCN3C(=O)NCc3ccc(F)cc3)n2)c1. The van der Waals surface area contributed by atoms with Crippen molar-refractivity contribution in [2.45, 2.75) is 32.4 Å². The van der Waals surface area contributed by atoms with Crippen molar-refractivity contribution in [2.24, 2.45) is 0 Å². The normalized spacial score (nSPS) is 16.4. The number of likely N-dealkylation sites (tertiary alicyclic amines) is 1. The van der Waals surface area contributed by atoms with E-state index in [4.69, 9.17) is 4.52 Å². The number of hydrogen-bond donors (Lipinski definition) is 1. The molecule has 1 aliphatic heterocycles. The molecule has 4 rings (SSSR count). The molecule has 1 saturated heterocycles. The Hall–Kier alpha value is -3.22. The summed E-state index contributed by atoms with van der Waals surface area (Å²) >= 11 is 0. The molecule has 1 fully saturated rings. The molecule has 0 bridgehead atoms. The molecule has 1 atom stereocenters. The van der Waals surface area contributed by atoms with Crippen LogP contribution in [0.3, 0.4) is 0 Å². The third-order valence-corrected chi connectivity index (χ3v) is 4.87. The quantitative estimate of drug-likeness (QED) is 0.735. The van der Waals surface area contributed by atoms with Crippen molar-refractivity contribution in [3.8, 4) is 11.4 Å². The molecule has 3 aromatic rings. The van der Waals surface area contributed by atoms with Crippen molar-refractivity contribution >= 4 is 6.03 Å². The summed E-state index contributed by atoms with van der Waals surface area (Å²) in [6.07, 6.45) is 1.65. The van der Waals surface area contributed by atoms with Gasteiger partial charge in [0.15, 0.2) is 0 Å². The van der Waals surface area contributed by atoms with E-state index in [0.717, 1.165) is 29.5 Å². The van der Waals surface area contributed by atoms with Gasteiger partial charge in [-0.3, -0.25) is 0 Å². The highest BCUT2D eigenvalue weighted by Crippen LogP contribution is 2.32. The van der Waals surface area contributed by atoms with Gasteiger partial charge in [0.05, 0.1) is 0 Å². The lowest BCUT2D eigenvalue weighted by molar-refractivity contribution is 0.180. The van der Waals surface area contributed by atoms with Gasteiger partial charge in [-0.25, -0.2) is 9.18 Å². The molecule has 1 aliphatic rings. The highest BCUT2D eigenvalue weighted by molar-refractivity contribution is 5.75. The van der Waals surface area contributed by atoms with E-state index in [2.05, 4.69) is 15.5 Å². The van der Waals surface area contributed by atoms with Crippen LogP contribution in [0.1, 0.15) is 35.9 Å². The van der Waals surface area contributed by atoms with E-state index in [1.165, 1.54) is 12.1 Å². The highest BCUT2D eigenvalue weighted by Gasteiger charge is 2.34. The van der Waals surface area contributed by atoms with Crippen LogP contribution in [0.2, 0.25) is 0 Å². The number of rotatable bonds is 4. The molecular weight excluding hydrogens is 359 g/mol. The molecule has 1 N–H and O–H groups in total. The van der Waals surface area contributed by atoms with Gasteiger partial charge in [0.2, 0.25) is 11.7 Å². The largest absolute Gasteiger partial charge is 0.337 e. The minimum atomic E-state index is -0.296. The number of nitrogens with one attached hydrogen (secondary N) is 1. The Kier molecular flexibility index (Phi) is 5.06. The summed E-state index contributed by atoms with van der Waals surface area (Å²) in [5, 5.41) is 6.97. The number of benzene rings is 2. The van der Waals surface area contributed by atoms with Crippen LogP contribution >= 0.6 is 0 Å². The fraction of sp³-hybridized carbons (Fsp3) is 0.286. The first-order chi connectivity index (χ1) is 13.6. The van der Waals surface area contributed by atoms with Gasteiger partial charge in [-0.2, -0.15) is 4.98 Å². The van der Waals surface area contributed by atoms with E-state index >= 15 is 0 Å². The molecule has 2 amide bonds. The molecule has 6 nitrogen and oxygen atoms in total. The number of hydrogen-bond acceptors (Lipinski definition) is 4. The van der Waals surface area contributed by atoms with Crippen molar-refractivity contribution in [1.82, 2.24) is 20.4 Å². The third-order valence-electron chi connectivity index (χ3n) is 4.87. The molecule has 2 aromatic carbocycles. The number of halogens is 1. The maximum absolute atomic E-state index is 13.0. The molecule has 2 heterocycles. The molecule has 144 valence electrons. The minimum absolute atomic E-state index is 0.192. The number of urea groups is 1. The second-order valence-electron chi connectivity index (χ2n) is 6.96. The average molecular weight is 380 g/mol. The zero-order valence-electron chi connectivity index (χ0n) is 15.6. The average Bonchev–Trinajstić information content (AvgIpc) is 3.36. The van der Waals surface area contributed by atoms with Gasteiger partial charge in [-0.05, 0) is 43.5 Å². The van der Waals surface area contributed by atoms with Crippen molar-refractivity contribution in [3.05, 3.63) is 71.4 Å². The number of amides is 2. The van der Waals surface area contributed by atoms with Crippen LogP contribution in [-0.2, 0) is 6.54 Å². The fourth-order valence-corrected chi connectivity index (χ4v) is 3.42. The van der Waals surface area contributed by atoms with Gasteiger partial charge >= 0.3 is 6.03 Å². The maximum Gasteiger partial charge on any atom is 0.318 e. The van der Waals surface area contributed by atoms with Gasteiger partial charge < -0.3 is 14.7 Å². The van der Waals surface area contributed by atoms with Crippen molar-refractivity contribution < 1.29 is 13.7 Å². The molecular formula is C21H21FN4O2. The lowest BCUT2D eigenvalue weighted by Crippen LogP contribution is -2.39. The van der Waals surface area contributed by atoms with Crippen LogP contribution < -0.4 is 5.32 Å².